The van der Waals surface area contributed by atoms with E-state index in [1.807, 2.05) is 12.4 Å². The first kappa shape index (κ1) is 11.2. The number of nitrogens with zero attached hydrogens (tertiary/aromatic N) is 1. The minimum atomic E-state index is 0.950. The summed E-state index contributed by atoms with van der Waals surface area (Å²) in [6.45, 7) is 4.35. The molecule has 0 saturated heterocycles. The molecule has 2 fully saturated rings. The first-order valence-electron chi connectivity index (χ1n) is 6.93. The number of fused-ring (bicyclic) bond motifs is 2. The summed E-state index contributed by atoms with van der Waals surface area (Å²) < 4.78 is 0. The fraction of sp³-hybridized carbons (Fsp3) is 0.667. The molecule has 1 N–H and O–H groups in total. The average Bonchev–Trinajstić information content (AvgIpc) is 2.94. The van der Waals surface area contributed by atoms with Crippen molar-refractivity contribution in [2.24, 2.45) is 17.8 Å². The second-order valence-electron chi connectivity index (χ2n) is 5.87. The van der Waals surface area contributed by atoms with E-state index >= 15 is 0 Å². The first-order chi connectivity index (χ1) is 8.33. The maximum atomic E-state index is 4.19. The van der Waals surface area contributed by atoms with Crippen LogP contribution < -0.4 is 5.32 Å². The molecule has 2 aliphatic carbocycles. The Morgan fingerprint density at radius 1 is 1.35 bits per heavy atom. The standard InChI is InChI=1S/C15H22N2/c1-11-4-5-16-9-15(11)10-17-8-14-7-12-2-3-13(14)6-12/h4-5,9,12-14,17H,2-3,6-8,10H2,1H3. The van der Waals surface area contributed by atoms with E-state index in [1.165, 1.54) is 43.4 Å². The topological polar surface area (TPSA) is 24.9 Å². The summed E-state index contributed by atoms with van der Waals surface area (Å²) in [7, 11) is 0. The molecule has 2 bridgehead atoms. The number of nitrogens with one attached hydrogen (secondary N) is 1. The van der Waals surface area contributed by atoms with E-state index in [0.717, 1.165) is 24.3 Å². The van der Waals surface area contributed by atoms with Gasteiger partial charge in [0.05, 0.1) is 0 Å². The molecule has 2 heteroatoms. The number of hydrogen-bond donors (Lipinski definition) is 1. The highest BCUT2D eigenvalue weighted by molar-refractivity contribution is 5.20. The molecule has 0 aromatic carbocycles. The summed E-state index contributed by atoms with van der Waals surface area (Å²) in [6, 6.07) is 2.09. The lowest BCUT2D eigenvalue weighted by molar-refractivity contribution is 0.318. The van der Waals surface area contributed by atoms with Crippen molar-refractivity contribution in [1.29, 1.82) is 0 Å². The van der Waals surface area contributed by atoms with Crippen LogP contribution >= 0.6 is 0 Å². The van der Waals surface area contributed by atoms with Crippen molar-refractivity contribution in [2.45, 2.75) is 39.2 Å². The lowest BCUT2D eigenvalue weighted by Gasteiger charge is -2.22. The monoisotopic (exact) mass is 230 g/mol. The van der Waals surface area contributed by atoms with Crippen LogP contribution in [-0.2, 0) is 6.54 Å². The van der Waals surface area contributed by atoms with Gasteiger partial charge in [0.25, 0.3) is 0 Å². The van der Waals surface area contributed by atoms with E-state index < -0.39 is 0 Å². The molecule has 0 aliphatic heterocycles. The molecule has 92 valence electrons. The molecule has 1 aromatic heterocycles. The van der Waals surface area contributed by atoms with Gasteiger partial charge in [-0.15, -0.1) is 0 Å². The van der Waals surface area contributed by atoms with Gasteiger partial charge in [0, 0.05) is 18.9 Å². The van der Waals surface area contributed by atoms with Crippen molar-refractivity contribution < 1.29 is 0 Å². The zero-order valence-corrected chi connectivity index (χ0v) is 10.7. The van der Waals surface area contributed by atoms with Crippen molar-refractivity contribution in [3.8, 4) is 0 Å². The van der Waals surface area contributed by atoms with Gasteiger partial charge in [-0.3, -0.25) is 4.98 Å². The van der Waals surface area contributed by atoms with Crippen molar-refractivity contribution in [2.75, 3.05) is 6.54 Å². The minimum Gasteiger partial charge on any atom is -0.312 e. The Kier molecular flexibility index (Phi) is 3.15. The fourth-order valence-corrected chi connectivity index (χ4v) is 3.70. The van der Waals surface area contributed by atoms with Gasteiger partial charge >= 0.3 is 0 Å². The Labute approximate surface area is 104 Å². The number of pyridine rings is 1. The van der Waals surface area contributed by atoms with Crippen LogP contribution in [0.15, 0.2) is 18.5 Å². The van der Waals surface area contributed by atoms with Gasteiger partial charge in [-0.2, -0.15) is 0 Å². The highest BCUT2D eigenvalue weighted by Gasteiger charge is 2.38. The molecule has 2 nitrogen and oxygen atoms in total. The van der Waals surface area contributed by atoms with Crippen LogP contribution in [0.1, 0.15) is 36.8 Å². The first-order valence-corrected chi connectivity index (χ1v) is 6.93. The lowest BCUT2D eigenvalue weighted by atomic mass is 9.89. The molecule has 3 unspecified atom stereocenters. The average molecular weight is 230 g/mol. The van der Waals surface area contributed by atoms with Gasteiger partial charge in [0.2, 0.25) is 0 Å². The smallest absolute Gasteiger partial charge is 0.0315 e. The van der Waals surface area contributed by atoms with Crippen LogP contribution in [0.3, 0.4) is 0 Å². The molecule has 2 saturated carbocycles. The summed E-state index contributed by atoms with van der Waals surface area (Å²) in [6.07, 6.45) is 9.84. The van der Waals surface area contributed by atoms with Crippen molar-refractivity contribution in [3.63, 3.8) is 0 Å². The molecular weight excluding hydrogens is 208 g/mol. The highest BCUT2D eigenvalue weighted by Crippen LogP contribution is 2.47. The van der Waals surface area contributed by atoms with E-state index in [2.05, 4.69) is 23.3 Å². The Morgan fingerprint density at radius 2 is 2.29 bits per heavy atom. The van der Waals surface area contributed by atoms with Crippen molar-refractivity contribution in [3.05, 3.63) is 29.6 Å². The molecule has 0 spiro atoms. The number of rotatable bonds is 4. The third kappa shape index (κ3) is 2.37. The van der Waals surface area contributed by atoms with Crippen molar-refractivity contribution >= 4 is 0 Å². The molecule has 0 radical (unpaired) electrons. The van der Waals surface area contributed by atoms with Crippen LogP contribution in [0.25, 0.3) is 0 Å². The Bertz CT molecular complexity index is 388. The predicted octanol–water partition coefficient (Wildman–Crippen LogP) is 2.92. The number of aryl methyl sites for hydroxylation is 1. The van der Waals surface area contributed by atoms with E-state index in [0.29, 0.717) is 0 Å². The molecular formula is C15H22N2. The van der Waals surface area contributed by atoms with Crippen LogP contribution in [-0.4, -0.2) is 11.5 Å². The summed E-state index contributed by atoms with van der Waals surface area (Å²) in [5.74, 6) is 3.04. The normalized spacial score (nSPS) is 31.0. The fourth-order valence-electron chi connectivity index (χ4n) is 3.70. The largest absolute Gasteiger partial charge is 0.312 e. The van der Waals surface area contributed by atoms with Gasteiger partial charge in [0.15, 0.2) is 0 Å². The van der Waals surface area contributed by atoms with Gasteiger partial charge in [0.1, 0.15) is 0 Å². The Balaban J connectivity index is 1.48. The van der Waals surface area contributed by atoms with Gasteiger partial charge < -0.3 is 5.32 Å². The molecule has 3 atom stereocenters. The lowest BCUT2D eigenvalue weighted by Crippen LogP contribution is -2.26. The zero-order valence-electron chi connectivity index (χ0n) is 10.7. The maximum Gasteiger partial charge on any atom is 0.0315 e. The molecule has 2 aliphatic rings. The summed E-state index contributed by atoms with van der Waals surface area (Å²) >= 11 is 0. The zero-order chi connectivity index (χ0) is 11.7. The predicted molar refractivity (Wildman–Crippen MR) is 69.6 cm³/mol. The summed E-state index contributed by atoms with van der Waals surface area (Å²) in [5.41, 5.74) is 2.69. The molecule has 0 amide bonds. The quantitative estimate of drug-likeness (QED) is 0.860. The van der Waals surface area contributed by atoms with Crippen LogP contribution in [0.2, 0.25) is 0 Å². The number of aromatic nitrogens is 1. The van der Waals surface area contributed by atoms with Gasteiger partial charge in [-0.25, -0.2) is 0 Å². The SMILES string of the molecule is Cc1ccncc1CNCC1CC2CCC1C2. The van der Waals surface area contributed by atoms with Crippen LogP contribution in [0.5, 0.6) is 0 Å². The highest BCUT2D eigenvalue weighted by atomic mass is 14.9. The molecule has 3 rings (SSSR count). The Hall–Kier alpha value is -0.890. The maximum absolute atomic E-state index is 4.19. The molecule has 1 aromatic rings. The van der Waals surface area contributed by atoms with E-state index in [-0.39, 0.29) is 0 Å². The Morgan fingerprint density at radius 3 is 3.00 bits per heavy atom. The summed E-state index contributed by atoms with van der Waals surface area (Å²) in [5, 5.41) is 3.63. The van der Waals surface area contributed by atoms with Crippen LogP contribution in [0.4, 0.5) is 0 Å². The second kappa shape index (κ2) is 4.77. The van der Waals surface area contributed by atoms with Gasteiger partial charge in [-0.1, -0.05) is 6.42 Å². The molecule has 17 heavy (non-hydrogen) atoms. The van der Waals surface area contributed by atoms with Crippen molar-refractivity contribution in [1.82, 2.24) is 10.3 Å². The van der Waals surface area contributed by atoms with Gasteiger partial charge in [-0.05, 0) is 67.7 Å². The van der Waals surface area contributed by atoms with E-state index in [4.69, 9.17) is 0 Å². The van der Waals surface area contributed by atoms with E-state index in [1.54, 1.807) is 0 Å². The summed E-state index contributed by atoms with van der Waals surface area (Å²) in [4.78, 5) is 4.19. The van der Waals surface area contributed by atoms with Crippen LogP contribution in [0, 0.1) is 24.7 Å². The molecule has 1 heterocycles. The van der Waals surface area contributed by atoms with E-state index in [9.17, 15) is 0 Å². The number of hydrogen-bond acceptors (Lipinski definition) is 2. The minimum absolute atomic E-state index is 0.950. The third-order valence-corrected chi connectivity index (χ3v) is 4.75. The second-order valence-corrected chi connectivity index (χ2v) is 5.87. The third-order valence-electron chi connectivity index (χ3n) is 4.75.